The quantitative estimate of drug-likeness (QED) is 0.496. The molecule has 0 unspecified atom stereocenters. The van der Waals surface area contributed by atoms with Crippen LogP contribution in [0.2, 0.25) is 0 Å². The highest BCUT2D eigenvalue weighted by molar-refractivity contribution is 6.33. The van der Waals surface area contributed by atoms with Gasteiger partial charge in [0.05, 0.1) is 11.1 Å². The minimum Gasteiger partial charge on any atom is -0.479 e. The van der Waals surface area contributed by atoms with Gasteiger partial charge >= 0.3 is 11.9 Å². The van der Waals surface area contributed by atoms with Gasteiger partial charge in [0.25, 0.3) is 0 Å². The molecule has 0 rings (SSSR count). The van der Waals surface area contributed by atoms with E-state index in [4.69, 9.17) is 27.5 Å². The van der Waals surface area contributed by atoms with Crippen LogP contribution in [-0.2, 0) is 14.4 Å². The minimum atomic E-state index is -1.62. The van der Waals surface area contributed by atoms with Gasteiger partial charge in [0, 0.05) is 6.08 Å². The molecule has 0 aliphatic heterocycles. The van der Waals surface area contributed by atoms with Crippen LogP contribution in [0.3, 0.4) is 0 Å². The summed E-state index contributed by atoms with van der Waals surface area (Å²) in [4.78, 5) is 32.8. The Kier molecular flexibility index (Phi) is 6.35. The molecule has 0 saturated heterocycles. The number of nitrogens with two attached hydrogens (primary N) is 1. The summed E-state index contributed by atoms with van der Waals surface area (Å²) in [6.45, 7) is 3.38. The second-order valence-corrected chi connectivity index (χ2v) is 4.35. The smallest absolute Gasteiger partial charge is 0.331 e. The molecule has 0 saturated carbocycles. The predicted octanol–water partition coefficient (Wildman–Crippen LogP) is -0.254. The number of halogens is 1. The molecule has 102 valence electrons. The fraction of sp³-hybridized carbons (Fsp3) is 0.500. The van der Waals surface area contributed by atoms with Gasteiger partial charge in [-0.2, -0.15) is 0 Å². The van der Waals surface area contributed by atoms with Gasteiger partial charge in [-0.25, -0.2) is 9.59 Å². The molecule has 7 nitrogen and oxygen atoms in total. The third kappa shape index (κ3) is 5.15. The van der Waals surface area contributed by atoms with E-state index in [1.807, 2.05) is 0 Å². The first kappa shape index (κ1) is 16.4. The van der Waals surface area contributed by atoms with Crippen molar-refractivity contribution in [1.29, 1.82) is 0 Å². The normalized spacial score (nSPS) is 15.1. The SMILES string of the molecule is CC(C)[C@H](N)C(=O)N[C@@H](C(=O)O)/C(Cl)=C\C(=O)O. The third-order valence-corrected chi connectivity index (χ3v) is 2.42. The van der Waals surface area contributed by atoms with E-state index in [1.54, 1.807) is 13.8 Å². The highest BCUT2D eigenvalue weighted by atomic mass is 35.5. The van der Waals surface area contributed by atoms with Crippen LogP contribution in [0.1, 0.15) is 13.8 Å². The average Bonchev–Trinajstić information content (AvgIpc) is 2.22. The Morgan fingerprint density at radius 2 is 1.78 bits per heavy atom. The molecular formula is C10H15ClN2O5. The first-order valence-electron chi connectivity index (χ1n) is 5.05. The molecule has 1 amide bonds. The summed E-state index contributed by atoms with van der Waals surface area (Å²) in [5.74, 6) is -3.79. The lowest BCUT2D eigenvalue weighted by Gasteiger charge is -2.19. The summed E-state index contributed by atoms with van der Waals surface area (Å²) in [7, 11) is 0. The Morgan fingerprint density at radius 1 is 1.28 bits per heavy atom. The Bertz CT molecular complexity index is 380. The molecule has 0 heterocycles. The molecule has 0 aromatic rings. The number of carbonyl (C=O) groups is 3. The monoisotopic (exact) mass is 278 g/mol. The lowest BCUT2D eigenvalue weighted by molar-refractivity contribution is -0.140. The lowest BCUT2D eigenvalue weighted by atomic mass is 10.0. The molecule has 2 atom stereocenters. The van der Waals surface area contributed by atoms with Crippen LogP contribution in [-0.4, -0.2) is 40.1 Å². The first-order chi connectivity index (χ1) is 8.16. The summed E-state index contributed by atoms with van der Waals surface area (Å²) in [5.41, 5.74) is 5.53. The molecular weight excluding hydrogens is 264 g/mol. The van der Waals surface area contributed by atoms with Crippen molar-refractivity contribution < 1.29 is 24.6 Å². The number of aliphatic carboxylic acids is 2. The molecule has 0 bridgehead atoms. The van der Waals surface area contributed by atoms with E-state index in [2.05, 4.69) is 5.32 Å². The van der Waals surface area contributed by atoms with Gasteiger partial charge < -0.3 is 21.3 Å². The molecule has 8 heteroatoms. The number of hydrogen-bond acceptors (Lipinski definition) is 4. The van der Waals surface area contributed by atoms with Gasteiger partial charge in [-0.1, -0.05) is 25.4 Å². The van der Waals surface area contributed by atoms with Gasteiger partial charge in [-0.15, -0.1) is 0 Å². The van der Waals surface area contributed by atoms with Gasteiger partial charge in [-0.3, -0.25) is 4.79 Å². The van der Waals surface area contributed by atoms with E-state index in [1.165, 1.54) is 0 Å². The summed E-state index contributed by atoms with van der Waals surface area (Å²) in [6, 6.07) is -2.53. The molecule has 18 heavy (non-hydrogen) atoms. The van der Waals surface area contributed by atoms with Crippen LogP contribution in [0, 0.1) is 5.92 Å². The fourth-order valence-electron chi connectivity index (χ4n) is 0.991. The molecule has 0 radical (unpaired) electrons. The molecule has 0 fully saturated rings. The third-order valence-electron chi connectivity index (χ3n) is 2.09. The predicted molar refractivity (Wildman–Crippen MR) is 64.0 cm³/mol. The number of carboxylic acid groups (broad SMARTS) is 2. The molecule has 0 spiro atoms. The average molecular weight is 279 g/mol. The fourth-order valence-corrected chi connectivity index (χ4v) is 1.23. The van der Waals surface area contributed by atoms with Crippen molar-refractivity contribution in [3.05, 3.63) is 11.1 Å². The summed E-state index contributed by atoms with van der Waals surface area (Å²) < 4.78 is 0. The number of carbonyl (C=O) groups excluding carboxylic acids is 1. The van der Waals surface area contributed by atoms with E-state index in [9.17, 15) is 14.4 Å². The summed E-state index contributed by atoms with van der Waals surface area (Å²) in [6.07, 6.45) is 0.502. The maximum Gasteiger partial charge on any atom is 0.331 e. The number of hydrogen-bond donors (Lipinski definition) is 4. The van der Waals surface area contributed by atoms with Crippen molar-refractivity contribution in [2.75, 3.05) is 0 Å². The number of nitrogens with one attached hydrogen (secondary N) is 1. The highest BCUT2D eigenvalue weighted by Crippen LogP contribution is 2.09. The standard InChI is InChI=1S/C10H15ClN2O5/c1-4(2)7(12)9(16)13-8(10(17)18)5(11)3-6(14)15/h3-4,7-8H,12H2,1-2H3,(H,13,16)(H,14,15)(H,17,18)/b5-3+/t7-,8+/m0/s1. The van der Waals surface area contributed by atoms with Crippen molar-refractivity contribution in [2.24, 2.45) is 11.7 Å². The summed E-state index contributed by atoms with van der Waals surface area (Å²) >= 11 is 5.51. The van der Waals surface area contributed by atoms with Crippen molar-refractivity contribution >= 4 is 29.4 Å². The number of amides is 1. The molecule has 0 aromatic heterocycles. The maximum atomic E-state index is 11.6. The zero-order valence-corrected chi connectivity index (χ0v) is 10.6. The lowest BCUT2D eigenvalue weighted by Crippen LogP contribution is -2.50. The molecule has 0 aliphatic rings. The van der Waals surface area contributed by atoms with Gasteiger partial charge in [0.1, 0.15) is 0 Å². The van der Waals surface area contributed by atoms with Crippen molar-refractivity contribution in [3.8, 4) is 0 Å². The summed E-state index contributed by atoms with van der Waals surface area (Å²) in [5, 5.41) is 18.9. The van der Waals surface area contributed by atoms with Crippen LogP contribution >= 0.6 is 11.6 Å². The van der Waals surface area contributed by atoms with E-state index in [0.717, 1.165) is 0 Å². The highest BCUT2D eigenvalue weighted by Gasteiger charge is 2.27. The molecule has 0 aliphatic carbocycles. The molecule has 5 N–H and O–H groups in total. The largest absolute Gasteiger partial charge is 0.479 e. The minimum absolute atomic E-state index is 0.193. The Balaban J connectivity index is 4.91. The van der Waals surface area contributed by atoms with Crippen molar-refractivity contribution in [2.45, 2.75) is 25.9 Å². The zero-order chi connectivity index (χ0) is 14.5. The van der Waals surface area contributed by atoms with E-state index in [-0.39, 0.29) is 5.92 Å². The number of carboxylic acids is 2. The first-order valence-corrected chi connectivity index (χ1v) is 5.43. The van der Waals surface area contributed by atoms with E-state index >= 15 is 0 Å². The van der Waals surface area contributed by atoms with Gasteiger partial charge in [0.15, 0.2) is 6.04 Å². The van der Waals surface area contributed by atoms with E-state index < -0.39 is 35.0 Å². The molecule has 0 aromatic carbocycles. The van der Waals surface area contributed by atoms with Crippen LogP contribution < -0.4 is 11.1 Å². The van der Waals surface area contributed by atoms with Crippen LogP contribution in [0.5, 0.6) is 0 Å². The Morgan fingerprint density at radius 3 is 2.11 bits per heavy atom. The van der Waals surface area contributed by atoms with Gasteiger partial charge in [-0.05, 0) is 5.92 Å². The van der Waals surface area contributed by atoms with E-state index in [0.29, 0.717) is 6.08 Å². The topological polar surface area (TPSA) is 130 Å². The van der Waals surface area contributed by atoms with Crippen LogP contribution in [0.4, 0.5) is 0 Å². The van der Waals surface area contributed by atoms with Crippen molar-refractivity contribution in [1.82, 2.24) is 5.32 Å². The Labute approximate surface area is 109 Å². The van der Waals surface area contributed by atoms with Crippen LogP contribution in [0.15, 0.2) is 11.1 Å². The Hall–Kier alpha value is -1.60. The van der Waals surface area contributed by atoms with Crippen LogP contribution in [0.25, 0.3) is 0 Å². The maximum absolute atomic E-state index is 11.6. The van der Waals surface area contributed by atoms with Crippen molar-refractivity contribution in [3.63, 3.8) is 0 Å². The van der Waals surface area contributed by atoms with Gasteiger partial charge in [0.2, 0.25) is 5.91 Å². The zero-order valence-electron chi connectivity index (χ0n) is 9.88. The second kappa shape index (κ2) is 6.97. The number of rotatable bonds is 6. The second-order valence-electron chi connectivity index (χ2n) is 3.92.